The van der Waals surface area contributed by atoms with Crippen LogP contribution in [0.2, 0.25) is 0 Å². The summed E-state index contributed by atoms with van der Waals surface area (Å²) in [5.41, 5.74) is 0.459. The van der Waals surface area contributed by atoms with Gasteiger partial charge < -0.3 is 0 Å². The number of nitrogens with zero attached hydrogens (tertiary/aromatic N) is 1. The monoisotopic (exact) mass is 339 g/mol. The van der Waals surface area contributed by atoms with Crippen molar-refractivity contribution in [3.63, 3.8) is 0 Å². The van der Waals surface area contributed by atoms with E-state index in [2.05, 4.69) is 11.4 Å². The highest BCUT2D eigenvalue weighted by molar-refractivity contribution is 7.89. The first kappa shape index (κ1) is 15.6. The lowest BCUT2D eigenvalue weighted by atomic mass is 9.97. The van der Waals surface area contributed by atoms with E-state index in [9.17, 15) is 12.8 Å². The maximum absolute atomic E-state index is 13.2. The van der Waals surface area contributed by atoms with Gasteiger partial charge in [-0.3, -0.25) is 0 Å². The summed E-state index contributed by atoms with van der Waals surface area (Å²) >= 11 is 1.73. The van der Waals surface area contributed by atoms with Crippen LogP contribution >= 0.6 is 11.3 Å². The summed E-state index contributed by atoms with van der Waals surface area (Å²) in [6.45, 7) is 2.66. The van der Waals surface area contributed by atoms with Crippen LogP contribution in [0.4, 0.5) is 4.39 Å². The molecule has 2 aromatic rings. The lowest BCUT2D eigenvalue weighted by molar-refractivity contribution is 0.321. The van der Waals surface area contributed by atoms with E-state index in [0.29, 0.717) is 24.6 Å². The molecule has 1 aromatic heterocycles. The Morgan fingerprint density at radius 1 is 1.23 bits per heavy atom. The largest absolute Gasteiger partial charge is 0.243 e. The number of benzene rings is 1. The van der Waals surface area contributed by atoms with E-state index in [1.54, 1.807) is 18.3 Å². The van der Waals surface area contributed by atoms with Gasteiger partial charge in [0.15, 0.2) is 0 Å². The van der Waals surface area contributed by atoms with Gasteiger partial charge >= 0.3 is 0 Å². The summed E-state index contributed by atoms with van der Waals surface area (Å²) in [7, 11) is -3.53. The number of hydrogen-bond acceptors (Lipinski definition) is 3. The van der Waals surface area contributed by atoms with Crippen molar-refractivity contribution in [3.05, 3.63) is 52.0 Å². The summed E-state index contributed by atoms with van der Waals surface area (Å²) in [6.07, 6.45) is 1.67. The zero-order valence-electron chi connectivity index (χ0n) is 12.3. The fraction of sp³-hybridized carbons (Fsp3) is 0.375. The van der Waals surface area contributed by atoms with Crippen molar-refractivity contribution in [2.75, 3.05) is 13.1 Å². The highest BCUT2D eigenvalue weighted by atomic mass is 32.2. The number of hydrogen-bond donors (Lipinski definition) is 0. The van der Waals surface area contributed by atoms with Crippen molar-refractivity contribution in [3.8, 4) is 0 Å². The molecule has 3 rings (SSSR count). The molecule has 0 unspecified atom stereocenters. The van der Waals surface area contributed by atoms with Crippen molar-refractivity contribution in [2.45, 2.75) is 30.6 Å². The van der Waals surface area contributed by atoms with Gasteiger partial charge in [-0.15, -0.1) is 11.3 Å². The van der Waals surface area contributed by atoms with Gasteiger partial charge in [-0.05, 0) is 60.9 Å². The van der Waals surface area contributed by atoms with Gasteiger partial charge in [0.05, 0.1) is 4.90 Å². The number of piperidine rings is 1. The molecule has 0 spiro atoms. The van der Waals surface area contributed by atoms with E-state index >= 15 is 0 Å². The summed E-state index contributed by atoms with van der Waals surface area (Å²) in [6, 6.07) is 7.99. The first-order valence-corrected chi connectivity index (χ1v) is 9.60. The molecule has 1 aliphatic rings. The van der Waals surface area contributed by atoms with Crippen molar-refractivity contribution in [1.82, 2.24) is 4.31 Å². The number of thiophene rings is 1. The van der Waals surface area contributed by atoms with Crippen LogP contribution in [0.1, 0.15) is 29.2 Å². The molecule has 0 aliphatic carbocycles. The second-order valence-corrected chi connectivity index (χ2v) is 8.49. The number of sulfonamides is 1. The van der Waals surface area contributed by atoms with Crippen LogP contribution in [0.3, 0.4) is 0 Å². The Balaban J connectivity index is 1.77. The van der Waals surface area contributed by atoms with Gasteiger partial charge in [0, 0.05) is 18.0 Å². The molecule has 1 saturated heterocycles. The molecular weight excluding hydrogens is 321 g/mol. The number of aryl methyl sites for hydroxylation is 1. The highest BCUT2D eigenvalue weighted by Gasteiger charge is 2.31. The average molecular weight is 339 g/mol. The summed E-state index contributed by atoms with van der Waals surface area (Å²) < 4.78 is 40.1. The molecule has 0 amide bonds. The topological polar surface area (TPSA) is 37.4 Å². The smallest absolute Gasteiger partial charge is 0.207 e. The Morgan fingerprint density at radius 3 is 2.55 bits per heavy atom. The Morgan fingerprint density at radius 2 is 1.95 bits per heavy atom. The molecule has 0 bridgehead atoms. The summed E-state index contributed by atoms with van der Waals surface area (Å²) in [4.78, 5) is 1.54. The molecule has 0 radical (unpaired) electrons. The number of halogens is 1. The van der Waals surface area contributed by atoms with Gasteiger partial charge in [-0.1, -0.05) is 6.07 Å². The number of rotatable bonds is 3. The van der Waals surface area contributed by atoms with E-state index in [1.807, 2.05) is 6.07 Å². The van der Waals surface area contributed by atoms with Crippen LogP contribution in [-0.2, 0) is 10.0 Å². The first-order valence-electron chi connectivity index (χ1n) is 7.28. The van der Waals surface area contributed by atoms with E-state index in [4.69, 9.17) is 0 Å². The zero-order valence-corrected chi connectivity index (χ0v) is 14.0. The standard InChI is InChI=1S/C16H18FNO2S2/c1-12-11-14(17)4-5-16(12)22(19,20)18-8-6-13(7-9-18)15-3-2-10-21-15/h2-5,10-11,13H,6-9H2,1H3. The van der Waals surface area contributed by atoms with E-state index in [1.165, 1.54) is 27.4 Å². The summed E-state index contributed by atoms with van der Waals surface area (Å²) in [5.74, 6) is 0.0358. The molecule has 1 aliphatic heterocycles. The van der Waals surface area contributed by atoms with Gasteiger partial charge in [-0.2, -0.15) is 4.31 Å². The Hall–Kier alpha value is -1.24. The maximum atomic E-state index is 13.2. The first-order chi connectivity index (χ1) is 10.5. The van der Waals surface area contributed by atoms with E-state index < -0.39 is 15.8 Å². The van der Waals surface area contributed by atoms with Crippen LogP contribution in [-0.4, -0.2) is 25.8 Å². The van der Waals surface area contributed by atoms with E-state index in [0.717, 1.165) is 12.8 Å². The molecular formula is C16H18FNO2S2. The molecule has 6 heteroatoms. The Labute approximate surface area is 134 Å². The van der Waals surface area contributed by atoms with Crippen molar-refractivity contribution < 1.29 is 12.8 Å². The molecule has 0 N–H and O–H groups in total. The van der Waals surface area contributed by atoms with Gasteiger partial charge in [0.25, 0.3) is 0 Å². The lowest BCUT2D eigenvalue weighted by Crippen LogP contribution is -2.38. The average Bonchev–Trinajstić information content (AvgIpc) is 3.01. The van der Waals surface area contributed by atoms with Crippen molar-refractivity contribution >= 4 is 21.4 Å². The van der Waals surface area contributed by atoms with E-state index in [-0.39, 0.29) is 4.90 Å². The minimum absolute atomic E-state index is 0.212. The fourth-order valence-corrected chi connectivity index (χ4v) is 5.52. The SMILES string of the molecule is Cc1cc(F)ccc1S(=O)(=O)N1CCC(c2cccs2)CC1. The van der Waals surface area contributed by atoms with Gasteiger partial charge in [0.1, 0.15) is 5.82 Å². The molecule has 0 atom stereocenters. The molecule has 1 aromatic carbocycles. The third kappa shape index (κ3) is 2.95. The maximum Gasteiger partial charge on any atom is 0.243 e. The van der Waals surface area contributed by atoms with Crippen LogP contribution in [0.5, 0.6) is 0 Å². The third-order valence-electron chi connectivity index (χ3n) is 4.15. The van der Waals surface area contributed by atoms with Crippen molar-refractivity contribution in [2.24, 2.45) is 0 Å². The normalized spacial score (nSPS) is 17.7. The Kier molecular flexibility index (Phi) is 4.34. The second kappa shape index (κ2) is 6.10. The quantitative estimate of drug-likeness (QED) is 0.854. The van der Waals surface area contributed by atoms with Gasteiger partial charge in [-0.25, -0.2) is 12.8 Å². The Bertz CT molecular complexity index is 748. The van der Waals surface area contributed by atoms with Gasteiger partial charge in [0.2, 0.25) is 10.0 Å². The lowest BCUT2D eigenvalue weighted by Gasteiger charge is -2.31. The molecule has 22 heavy (non-hydrogen) atoms. The van der Waals surface area contributed by atoms with Crippen LogP contribution in [0.25, 0.3) is 0 Å². The van der Waals surface area contributed by atoms with Crippen molar-refractivity contribution in [1.29, 1.82) is 0 Å². The predicted octanol–water partition coefficient (Wildman–Crippen LogP) is 3.76. The van der Waals surface area contributed by atoms with Crippen LogP contribution in [0, 0.1) is 12.7 Å². The molecule has 3 nitrogen and oxygen atoms in total. The fourth-order valence-electron chi connectivity index (χ4n) is 2.95. The predicted molar refractivity (Wildman–Crippen MR) is 86.2 cm³/mol. The highest BCUT2D eigenvalue weighted by Crippen LogP contribution is 2.33. The minimum atomic E-state index is -3.53. The molecule has 2 heterocycles. The molecule has 0 saturated carbocycles. The minimum Gasteiger partial charge on any atom is -0.207 e. The summed E-state index contributed by atoms with van der Waals surface area (Å²) in [5, 5.41) is 2.06. The molecule has 118 valence electrons. The van der Waals surface area contributed by atoms with Crippen LogP contribution < -0.4 is 0 Å². The second-order valence-electron chi connectivity index (χ2n) is 5.60. The zero-order chi connectivity index (χ0) is 15.7. The molecule has 1 fully saturated rings. The van der Waals surface area contributed by atoms with Crippen LogP contribution in [0.15, 0.2) is 40.6 Å². The third-order valence-corrected chi connectivity index (χ3v) is 7.25.